The van der Waals surface area contributed by atoms with Crippen LogP contribution in [0.1, 0.15) is 13.3 Å². The van der Waals surface area contributed by atoms with Gasteiger partial charge in [-0.25, -0.2) is 0 Å². The first-order valence-corrected chi connectivity index (χ1v) is 5.36. The summed E-state index contributed by atoms with van der Waals surface area (Å²) in [6.45, 7) is 6.09. The number of nitrogens with two attached hydrogens (primary N) is 1. The predicted octanol–water partition coefficient (Wildman–Crippen LogP) is 3.33. The second kappa shape index (κ2) is 4.97. The topological polar surface area (TPSA) is 26.0 Å². The Kier molecular flexibility index (Phi) is 3.90. The standard InChI is InChI=1S/C11H15NS/c1-3-9(2)8-13-11-6-4-10(12)5-7-11/h4-7H,2-3,8,12H2,1H3. The lowest BCUT2D eigenvalue weighted by Gasteiger charge is -2.02. The first-order valence-electron chi connectivity index (χ1n) is 4.37. The van der Waals surface area contributed by atoms with Crippen molar-refractivity contribution in [1.29, 1.82) is 0 Å². The number of thioether (sulfide) groups is 1. The number of hydrogen-bond acceptors (Lipinski definition) is 2. The van der Waals surface area contributed by atoms with Gasteiger partial charge in [-0.1, -0.05) is 19.1 Å². The highest BCUT2D eigenvalue weighted by Gasteiger charge is 1.95. The Morgan fingerprint density at radius 2 is 2.00 bits per heavy atom. The normalized spacial score (nSPS) is 9.92. The van der Waals surface area contributed by atoms with E-state index in [1.807, 2.05) is 24.3 Å². The highest BCUT2D eigenvalue weighted by Crippen LogP contribution is 2.21. The number of anilines is 1. The van der Waals surface area contributed by atoms with Crippen LogP contribution >= 0.6 is 11.8 Å². The van der Waals surface area contributed by atoms with E-state index >= 15 is 0 Å². The third-order valence-corrected chi connectivity index (χ3v) is 2.98. The van der Waals surface area contributed by atoms with E-state index in [1.165, 1.54) is 10.5 Å². The fourth-order valence-corrected chi connectivity index (χ4v) is 1.75. The molecule has 0 bridgehead atoms. The predicted molar refractivity (Wildman–Crippen MR) is 61.0 cm³/mol. The second-order valence-electron chi connectivity index (χ2n) is 2.96. The van der Waals surface area contributed by atoms with Gasteiger partial charge in [0.1, 0.15) is 0 Å². The molecular formula is C11H15NS. The second-order valence-corrected chi connectivity index (χ2v) is 4.01. The van der Waals surface area contributed by atoms with Gasteiger partial charge in [0, 0.05) is 16.3 Å². The Labute approximate surface area is 84.0 Å². The van der Waals surface area contributed by atoms with Crippen LogP contribution in [0, 0.1) is 0 Å². The monoisotopic (exact) mass is 193 g/mol. The molecule has 0 atom stereocenters. The van der Waals surface area contributed by atoms with Crippen LogP contribution in [0.2, 0.25) is 0 Å². The molecule has 1 aromatic carbocycles. The molecule has 0 amide bonds. The van der Waals surface area contributed by atoms with Crippen LogP contribution in [0.5, 0.6) is 0 Å². The minimum absolute atomic E-state index is 0.818. The fourth-order valence-electron chi connectivity index (χ4n) is 0.852. The smallest absolute Gasteiger partial charge is 0.0314 e. The molecule has 2 N–H and O–H groups in total. The van der Waals surface area contributed by atoms with Crippen molar-refractivity contribution in [2.45, 2.75) is 18.2 Å². The van der Waals surface area contributed by atoms with Crippen LogP contribution in [0.3, 0.4) is 0 Å². The van der Waals surface area contributed by atoms with Gasteiger partial charge in [0.2, 0.25) is 0 Å². The Hall–Kier alpha value is -0.890. The summed E-state index contributed by atoms with van der Waals surface area (Å²) in [5, 5.41) is 0. The van der Waals surface area contributed by atoms with Gasteiger partial charge in [0.05, 0.1) is 0 Å². The molecule has 0 saturated heterocycles. The van der Waals surface area contributed by atoms with Gasteiger partial charge >= 0.3 is 0 Å². The Morgan fingerprint density at radius 3 is 2.54 bits per heavy atom. The molecule has 0 saturated carbocycles. The third-order valence-electron chi connectivity index (χ3n) is 1.82. The third kappa shape index (κ3) is 3.55. The van der Waals surface area contributed by atoms with E-state index < -0.39 is 0 Å². The van der Waals surface area contributed by atoms with Crippen molar-refractivity contribution in [3.8, 4) is 0 Å². The van der Waals surface area contributed by atoms with Crippen LogP contribution in [-0.2, 0) is 0 Å². The van der Waals surface area contributed by atoms with Gasteiger partial charge in [-0.2, -0.15) is 0 Å². The van der Waals surface area contributed by atoms with Gasteiger partial charge in [0.25, 0.3) is 0 Å². The molecule has 0 fully saturated rings. The van der Waals surface area contributed by atoms with E-state index in [-0.39, 0.29) is 0 Å². The summed E-state index contributed by atoms with van der Waals surface area (Å²) in [6.07, 6.45) is 1.06. The molecule has 0 aromatic heterocycles. The summed E-state index contributed by atoms with van der Waals surface area (Å²) in [5.41, 5.74) is 7.68. The zero-order valence-electron chi connectivity index (χ0n) is 7.92. The maximum atomic E-state index is 5.58. The fraction of sp³-hybridized carbons (Fsp3) is 0.273. The minimum atomic E-state index is 0.818. The molecule has 1 nitrogen and oxygen atoms in total. The lowest BCUT2D eigenvalue weighted by atomic mass is 10.3. The summed E-state index contributed by atoms with van der Waals surface area (Å²) >= 11 is 1.81. The molecule has 0 spiro atoms. The van der Waals surface area contributed by atoms with Crippen molar-refractivity contribution in [3.63, 3.8) is 0 Å². The first kappa shape index (κ1) is 10.2. The average Bonchev–Trinajstić information content (AvgIpc) is 2.16. The summed E-state index contributed by atoms with van der Waals surface area (Å²) in [7, 11) is 0. The van der Waals surface area contributed by atoms with Crippen molar-refractivity contribution in [3.05, 3.63) is 36.4 Å². The highest BCUT2D eigenvalue weighted by molar-refractivity contribution is 7.99. The largest absolute Gasteiger partial charge is 0.399 e. The Bertz CT molecular complexity index is 277. The van der Waals surface area contributed by atoms with E-state index in [2.05, 4.69) is 13.5 Å². The molecule has 0 radical (unpaired) electrons. The molecule has 1 aromatic rings. The zero-order chi connectivity index (χ0) is 9.68. The number of benzene rings is 1. The minimum Gasteiger partial charge on any atom is -0.399 e. The quantitative estimate of drug-likeness (QED) is 0.451. The molecular weight excluding hydrogens is 178 g/mol. The van der Waals surface area contributed by atoms with Crippen LogP contribution in [0.25, 0.3) is 0 Å². The molecule has 0 aliphatic carbocycles. The summed E-state index contributed by atoms with van der Waals surface area (Å²) in [5.74, 6) is 1.00. The van der Waals surface area contributed by atoms with Crippen molar-refractivity contribution >= 4 is 17.4 Å². The zero-order valence-corrected chi connectivity index (χ0v) is 8.73. The van der Waals surface area contributed by atoms with Crippen molar-refractivity contribution in [1.82, 2.24) is 0 Å². The number of hydrogen-bond donors (Lipinski definition) is 1. The van der Waals surface area contributed by atoms with E-state index in [0.29, 0.717) is 0 Å². The number of rotatable bonds is 4. The molecule has 13 heavy (non-hydrogen) atoms. The lowest BCUT2D eigenvalue weighted by molar-refractivity contribution is 1.12. The molecule has 1 rings (SSSR count). The summed E-state index contributed by atoms with van der Waals surface area (Å²) in [4.78, 5) is 1.25. The van der Waals surface area contributed by atoms with E-state index in [4.69, 9.17) is 5.73 Å². The Morgan fingerprint density at radius 1 is 1.38 bits per heavy atom. The molecule has 0 aliphatic rings. The maximum Gasteiger partial charge on any atom is 0.0314 e. The first-order chi connectivity index (χ1) is 6.22. The SMILES string of the molecule is C=C(CC)CSc1ccc(N)cc1. The molecule has 0 heterocycles. The van der Waals surface area contributed by atoms with Gasteiger partial charge in [0.15, 0.2) is 0 Å². The average molecular weight is 193 g/mol. The van der Waals surface area contributed by atoms with Crippen LogP contribution < -0.4 is 5.73 Å². The van der Waals surface area contributed by atoms with E-state index in [1.54, 1.807) is 11.8 Å². The van der Waals surface area contributed by atoms with Crippen LogP contribution in [0.4, 0.5) is 5.69 Å². The maximum absolute atomic E-state index is 5.58. The summed E-state index contributed by atoms with van der Waals surface area (Å²) < 4.78 is 0. The van der Waals surface area contributed by atoms with Gasteiger partial charge in [-0.05, 0) is 30.7 Å². The van der Waals surface area contributed by atoms with E-state index in [0.717, 1.165) is 17.9 Å². The number of nitrogen functional groups attached to an aromatic ring is 1. The molecule has 0 aliphatic heterocycles. The van der Waals surface area contributed by atoms with Crippen molar-refractivity contribution in [2.24, 2.45) is 0 Å². The lowest BCUT2D eigenvalue weighted by Crippen LogP contribution is -1.85. The Balaban J connectivity index is 2.46. The van der Waals surface area contributed by atoms with Crippen molar-refractivity contribution in [2.75, 3.05) is 11.5 Å². The summed E-state index contributed by atoms with van der Waals surface area (Å²) in [6, 6.07) is 7.94. The van der Waals surface area contributed by atoms with Gasteiger partial charge in [-0.15, -0.1) is 11.8 Å². The van der Waals surface area contributed by atoms with Crippen molar-refractivity contribution < 1.29 is 0 Å². The molecule has 70 valence electrons. The highest BCUT2D eigenvalue weighted by atomic mass is 32.2. The molecule has 0 unspecified atom stereocenters. The van der Waals surface area contributed by atoms with Crippen LogP contribution in [0.15, 0.2) is 41.3 Å². The van der Waals surface area contributed by atoms with Gasteiger partial charge in [-0.3, -0.25) is 0 Å². The van der Waals surface area contributed by atoms with E-state index in [9.17, 15) is 0 Å². The van der Waals surface area contributed by atoms with Crippen LogP contribution in [-0.4, -0.2) is 5.75 Å². The molecule has 2 heteroatoms. The van der Waals surface area contributed by atoms with Gasteiger partial charge < -0.3 is 5.73 Å².